The number of imide groups is 2. The van der Waals surface area contributed by atoms with Gasteiger partial charge in [0.2, 0.25) is 11.8 Å². The molecule has 3 rings (SSSR count). The number of aryl methyl sites for hydroxylation is 3. The predicted octanol–water partition coefficient (Wildman–Crippen LogP) is 1.58. The molecule has 2 aliphatic rings. The molecular formula is C20H23N3O5. The molecule has 0 aromatic heterocycles. The summed E-state index contributed by atoms with van der Waals surface area (Å²) in [5.41, 5.74) is 2.26. The predicted molar refractivity (Wildman–Crippen MR) is 100 cm³/mol. The Morgan fingerprint density at radius 2 is 1.68 bits per heavy atom. The molecule has 4 amide bonds. The van der Waals surface area contributed by atoms with E-state index in [0.29, 0.717) is 5.71 Å². The maximum absolute atomic E-state index is 13.2. The highest BCUT2D eigenvalue weighted by molar-refractivity contribution is 6.16. The van der Waals surface area contributed by atoms with E-state index < -0.39 is 35.4 Å². The molecule has 0 saturated carbocycles. The zero-order valence-electron chi connectivity index (χ0n) is 16.8. The zero-order chi connectivity index (χ0) is 21.0. The quantitative estimate of drug-likeness (QED) is 0.731. The zero-order valence-corrected chi connectivity index (χ0v) is 16.8. The molecule has 0 radical (unpaired) electrons. The van der Waals surface area contributed by atoms with Gasteiger partial charge in [-0.2, -0.15) is 0 Å². The Bertz CT molecular complexity index is 928. The summed E-state index contributed by atoms with van der Waals surface area (Å²) in [5.74, 6) is -2.66. The number of piperazine rings is 1. The smallest absolute Gasteiger partial charge is 0.303 e. The molecule has 1 spiro atoms. The Balaban J connectivity index is 2.10. The van der Waals surface area contributed by atoms with Gasteiger partial charge in [0.05, 0.1) is 12.1 Å². The van der Waals surface area contributed by atoms with Crippen LogP contribution in [0.2, 0.25) is 0 Å². The number of benzene rings is 1. The van der Waals surface area contributed by atoms with Gasteiger partial charge in [-0.15, -0.1) is 0 Å². The van der Waals surface area contributed by atoms with Crippen LogP contribution in [0.5, 0.6) is 0 Å². The molecule has 0 N–H and O–H groups in total. The van der Waals surface area contributed by atoms with Gasteiger partial charge in [0.1, 0.15) is 6.04 Å². The van der Waals surface area contributed by atoms with Crippen molar-refractivity contribution in [3.05, 3.63) is 34.4 Å². The lowest BCUT2D eigenvalue weighted by atomic mass is 9.89. The molecule has 8 heteroatoms. The summed E-state index contributed by atoms with van der Waals surface area (Å²) >= 11 is 0. The van der Waals surface area contributed by atoms with E-state index in [-0.39, 0.29) is 6.42 Å². The third-order valence-electron chi connectivity index (χ3n) is 5.21. The van der Waals surface area contributed by atoms with Crippen molar-refractivity contribution < 1.29 is 24.0 Å². The minimum atomic E-state index is -1.97. The van der Waals surface area contributed by atoms with Crippen LogP contribution in [0.15, 0.2) is 17.3 Å². The first kappa shape index (κ1) is 19.7. The second-order valence-electron chi connectivity index (χ2n) is 7.43. The maximum Gasteiger partial charge on any atom is 0.303 e. The summed E-state index contributed by atoms with van der Waals surface area (Å²) in [7, 11) is 0. The minimum Gasteiger partial charge on any atom is -0.355 e. The number of carbonyl (C=O) groups is 4. The lowest BCUT2D eigenvalue weighted by molar-refractivity contribution is -0.207. The number of rotatable bonds is 1. The van der Waals surface area contributed by atoms with E-state index in [2.05, 4.69) is 5.16 Å². The summed E-state index contributed by atoms with van der Waals surface area (Å²) in [6.45, 7) is 9.62. The summed E-state index contributed by atoms with van der Waals surface area (Å²) < 4.78 is 0. The standard InChI is InChI=1S/C20H23N3O5/c1-10-7-11(2)17(12(3)8-10)16-9-20(28-21-16)19(27)22(14(5)24)13(4)18(26)23(20)15(6)25/h7-8,13H,9H2,1-6H3. The molecule has 0 bridgehead atoms. The van der Waals surface area contributed by atoms with Crippen LogP contribution in [0, 0.1) is 20.8 Å². The van der Waals surface area contributed by atoms with Crippen molar-refractivity contribution in [2.24, 2.45) is 5.16 Å². The van der Waals surface area contributed by atoms with E-state index in [1.165, 1.54) is 20.8 Å². The van der Waals surface area contributed by atoms with E-state index in [0.717, 1.165) is 32.1 Å². The Morgan fingerprint density at radius 1 is 1.11 bits per heavy atom. The van der Waals surface area contributed by atoms with Crippen LogP contribution in [0.25, 0.3) is 0 Å². The largest absolute Gasteiger partial charge is 0.355 e. The van der Waals surface area contributed by atoms with Gasteiger partial charge in [0.25, 0.3) is 11.8 Å². The van der Waals surface area contributed by atoms with Crippen molar-refractivity contribution in [2.75, 3.05) is 0 Å². The molecule has 2 aliphatic heterocycles. The fourth-order valence-corrected chi connectivity index (χ4v) is 4.19. The van der Waals surface area contributed by atoms with Crippen molar-refractivity contribution in [3.63, 3.8) is 0 Å². The van der Waals surface area contributed by atoms with E-state index in [4.69, 9.17) is 4.84 Å². The van der Waals surface area contributed by atoms with Gasteiger partial charge in [-0.25, -0.2) is 4.90 Å². The molecule has 0 aliphatic carbocycles. The number of nitrogens with zero attached hydrogens (tertiary/aromatic N) is 3. The molecule has 2 heterocycles. The van der Waals surface area contributed by atoms with Crippen LogP contribution < -0.4 is 0 Å². The average Bonchev–Trinajstić information content (AvgIpc) is 2.97. The van der Waals surface area contributed by atoms with Gasteiger partial charge < -0.3 is 4.84 Å². The molecule has 1 aromatic carbocycles. The van der Waals surface area contributed by atoms with Crippen LogP contribution in [-0.2, 0) is 24.0 Å². The number of hydrogen-bond acceptors (Lipinski definition) is 6. The Hall–Kier alpha value is -3.03. The number of oxime groups is 1. The van der Waals surface area contributed by atoms with Crippen molar-refractivity contribution in [2.45, 2.75) is 59.7 Å². The summed E-state index contributed by atoms with van der Waals surface area (Å²) in [6, 6.07) is 2.88. The highest BCUT2D eigenvalue weighted by atomic mass is 16.7. The third-order valence-corrected chi connectivity index (χ3v) is 5.21. The van der Waals surface area contributed by atoms with Gasteiger partial charge in [0.15, 0.2) is 0 Å². The van der Waals surface area contributed by atoms with Crippen molar-refractivity contribution >= 4 is 29.3 Å². The molecule has 8 nitrogen and oxygen atoms in total. The molecular weight excluding hydrogens is 362 g/mol. The lowest BCUT2D eigenvalue weighted by Crippen LogP contribution is -2.72. The van der Waals surface area contributed by atoms with Crippen molar-refractivity contribution in [1.82, 2.24) is 9.80 Å². The molecule has 28 heavy (non-hydrogen) atoms. The minimum absolute atomic E-state index is 0.113. The Kier molecular flexibility index (Phi) is 4.61. The Labute approximate surface area is 163 Å². The van der Waals surface area contributed by atoms with E-state index in [9.17, 15) is 19.2 Å². The van der Waals surface area contributed by atoms with Crippen LogP contribution in [0.1, 0.15) is 49.4 Å². The Morgan fingerprint density at radius 3 is 2.18 bits per heavy atom. The topological polar surface area (TPSA) is 96.3 Å². The van der Waals surface area contributed by atoms with Gasteiger partial charge in [-0.1, -0.05) is 22.9 Å². The second-order valence-corrected chi connectivity index (χ2v) is 7.43. The van der Waals surface area contributed by atoms with Crippen LogP contribution in [0.4, 0.5) is 0 Å². The first-order valence-corrected chi connectivity index (χ1v) is 9.03. The summed E-state index contributed by atoms with van der Waals surface area (Å²) in [4.78, 5) is 57.5. The fourth-order valence-electron chi connectivity index (χ4n) is 4.19. The second kappa shape index (κ2) is 6.54. The number of hydrogen-bond donors (Lipinski definition) is 0. The van der Waals surface area contributed by atoms with Crippen LogP contribution >= 0.6 is 0 Å². The van der Waals surface area contributed by atoms with E-state index >= 15 is 0 Å². The molecule has 1 saturated heterocycles. The summed E-state index contributed by atoms with van der Waals surface area (Å²) in [6.07, 6.45) is -0.113. The molecule has 148 valence electrons. The van der Waals surface area contributed by atoms with E-state index in [1.807, 2.05) is 32.9 Å². The lowest BCUT2D eigenvalue weighted by Gasteiger charge is -2.45. The number of carbonyl (C=O) groups excluding carboxylic acids is 4. The molecule has 1 aromatic rings. The van der Waals surface area contributed by atoms with Gasteiger partial charge in [-0.3, -0.25) is 24.1 Å². The van der Waals surface area contributed by atoms with Crippen molar-refractivity contribution in [1.29, 1.82) is 0 Å². The SMILES string of the molecule is CC(=O)N1C(=O)C2(CC(c3c(C)cc(C)cc3C)=NO2)N(C(C)=O)C(=O)C1C. The maximum atomic E-state index is 13.2. The first-order valence-electron chi connectivity index (χ1n) is 9.03. The highest BCUT2D eigenvalue weighted by Gasteiger charge is 2.63. The molecule has 2 atom stereocenters. The number of amides is 4. The third kappa shape index (κ3) is 2.71. The fraction of sp³-hybridized carbons (Fsp3) is 0.450. The van der Waals surface area contributed by atoms with Crippen LogP contribution in [0.3, 0.4) is 0 Å². The molecule has 1 fully saturated rings. The highest BCUT2D eigenvalue weighted by Crippen LogP contribution is 2.38. The molecule has 2 unspecified atom stereocenters. The summed E-state index contributed by atoms with van der Waals surface area (Å²) in [5, 5.41) is 4.08. The first-order chi connectivity index (χ1) is 13.0. The van der Waals surface area contributed by atoms with Gasteiger partial charge in [0, 0.05) is 19.4 Å². The van der Waals surface area contributed by atoms with Gasteiger partial charge in [-0.05, 0) is 38.8 Å². The average molecular weight is 385 g/mol. The van der Waals surface area contributed by atoms with Crippen molar-refractivity contribution in [3.8, 4) is 0 Å². The normalized spacial score (nSPS) is 24.5. The van der Waals surface area contributed by atoms with Gasteiger partial charge >= 0.3 is 5.72 Å². The monoisotopic (exact) mass is 385 g/mol. The van der Waals surface area contributed by atoms with Crippen LogP contribution in [-0.4, -0.2) is 50.9 Å². The van der Waals surface area contributed by atoms with E-state index in [1.54, 1.807) is 0 Å².